The van der Waals surface area contributed by atoms with Crippen LogP contribution in [-0.4, -0.2) is 101 Å². The summed E-state index contributed by atoms with van der Waals surface area (Å²) in [4.78, 5) is 41.4. The van der Waals surface area contributed by atoms with Crippen molar-refractivity contribution in [2.24, 2.45) is 5.92 Å². The lowest BCUT2D eigenvalue weighted by atomic mass is 9.94. The summed E-state index contributed by atoms with van der Waals surface area (Å²) in [6, 6.07) is 28.8. The molecule has 1 fully saturated rings. The zero-order valence-corrected chi connectivity index (χ0v) is 34.9. The van der Waals surface area contributed by atoms with E-state index in [-0.39, 0.29) is 27.9 Å². The fourth-order valence-corrected chi connectivity index (χ4v) is 9.60. The number of nitrogens with one attached hydrogen (secondary N) is 2. The molecule has 8 rings (SSSR count). The van der Waals surface area contributed by atoms with Crippen LogP contribution in [0.2, 0.25) is 0 Å². The lowest BCUT2D eigenvalue weighted by Crippen LogP contribution is -2.74. The minimum Gasteiger partial charge on any atom is -0.412 e. The van der Waals surface area contributed by atoms with E-state index in [2.05, 4.69) is 42.1 Å². The quantitative estimate of drug-likeness (QED) is 0.0663. The first kappa shape index (κ1) is 43.4. The fourth-order valence-electron chi connectivity index (χ4n) is 7.55. The van der Waals surface area contributed by atoms with Crippen LogP contribution in [0.3, 0.4) is 0 Å². The van der Waals surface area contributed by atoms with Gasteiger partial charge in [0, 0.05) is 60.2 Å². The smallest absolute Gasteiger partial charge is 0.283 e. The predicted molar refractivity (Wildman–Crippen MR) is 231 cm³/mol. The second-order valence-electron chi connectivity index (χ2n) is 14.8. The van der Waals surface area contributed by atoms with Gasteiger partial charge in [-0.25, -0.2) is 32.8 Å². The van der Waals surface area contributed by atoms with Crippen LogP contribution in [0.15, 0.2) is 119 Å². The molecular formula is C43H48N9O7S2+. The summed E-state index contributed by atoms with van der Waals surface area (Å²) in [6.07, 6.45) is 5.47. The molecule has 2 amide bonds. The third-order valence-corrected chi connectivity index (χ3v) is 13.3. The Hall–Kier alpha value is -5.73. The number of quaternary nitrogens is 1. The molecule has 18 heteroatoms. The van der Waals surface area contributed by atoms with Gasteiger partial charge < -0.3 is 20.4 Å². The molecule has 0 bridgehead atoms. The number of nitrogens with zero attached hydrogens (tertiary/aromatic N) is 6. The second-order valence-corrected chi connectivity index (χ2v) is 17.5. The highest BCUT2D eigenvalue weighted by Crippen LogP contribution is 2.29. The number of thioether (sulfide) groups is 1. The van der Waals surface area contributed by atoms with Gasteiger partial charge in [0.25, 0.3) is 21.8 Å². The van der Waals surface area contributed by atoms with Crippen molar-refractivity contribution in [1.82, 2.24) is 29.2 Å². The van der Waals surface area contributed by atoms with Gasteiger partial charge >= 0.3 is 0 Å². The Bertz CT molecular complexity index is 2560. The number of anilines is 2. The normalized spacial score (nSPS) is 14.8. The van der Waals surface area contributed by atoms with Crippen LogP contribution in [0.1, 0.15) is 44.0 Å². The predicted octanol–water partition coefficient (Wildman–Crippen LogP) is 3.49. The molecule has 6 aromatic rings. The zero-order valence-electron chi connectivity index (χ0n) is 33.3. The molecule has 7 N–H and O–H groups in total. The standard InChI is InChI=1S/C43H45N9O6S2.H2O/c53-42(47-39-28-52-41(46-39)13-6-18-44-52)35-10-4-7-31-17-20-51(27-36(31)35)40-12-5-11-37(45-40)43(54)49-60(56,57)34-15-14-32(38(26-34)48-55)25-30(16-19-50-21-23-58-24-22-50)29-59-33-8-2-1-3-9-33;/h1-15,18,26,28,30,48,55H,16-17,19-25,27,29H2,(H,47,53)(H,49,54);1H2/p+1/t30-;/m0./s1. The van der Waals surface area contributed by atoms with Crippen LogP contribution in [0.4, 0.5) is 17.3 Å². The van der Waals surface area contributed by atoms with Crippen molar-refractivity contribution in [3.63, 3.8) is 0 Å². The summed E-state index contributed by atoms with van der Waals surface area (Å²) in [5.41, 5.74) is 4.96. The van der Waals surface area contributed by atoms with Gasteiger partial charge in [-0.05, 0) is 91.4 Å². The Morgan fingerprint density at radius 1 is 0.918 bits per heavy atom. The number of aromatic nitrogens is 4. The lowest BCUT2D eigenvalue weighted by Gasteiger charge is -2.31. The zero-order chi connectivity index (χ0) is 41.5. The number of morpholine rings is 1. The van der Waals surface area contributed by atoms with E-state index in [1.807, 2.05) is 35.2 Å². The Kier molecular flexibility index (Phi) is 14.1. The average molecular weight is 867 g/mol. The van der Waals surface area contributed by atoms with Gasteiger partial charge in [-0.1, -0.05) is 42.5 Å². The highest BCUT2D eigenvalue weighted by atomic mass is 32.2. The van der Waals surface area contributed by atoms with Gasteiger partial charge in [0.2, 0.25) is 0 Å². The SMILES string of the molecule is O.O=C(NS(=O)(=O)c1ccc(C[C@H](CCN2CCOCC2)CSc2ccccc2)c([NH2+]O)c1)c1cccc(N2CCc3cccc(C(=O)Nc4cn5ncccc5n4)c3C2)n1. The van der Waals surface area contributed by atoms with E-state index in [4.69, 9.17) is 4.74 Å². The molecular weight excluding hydrogens is 819 g/mol. The number of hydrogen-bond donors (Lipinski definition) is 4. The van der Waals surface area contributed by atoms with Gasteiger partial charge in [0.15, 0.2) is 17.2 Å². The lowest BCUT2D eigenvalue weighted by molar-refractivity contribution is -0.826. The molecule has 0 aliphatic carbocycles. The van der Waals surface area contributed by atoms with E-state index in [0.29, 0.717) is 54.5 Å². The summed E-state index contributed by atoms with van der Waals surface area (Å²) in [7, 11) is -4.35. The summed E-state index contributed by atoms with van der Waals surface area (Å²) in [5.74, 6) is 0.723. The largest absolute Gasteiger partial charge is 0.412 e. The summed E-state index contributed by atoms with van der Waals surface area (Å²) < 4.78 is 36.5. The Labute approximate surface area is 357 Å². The molecule has 318 valence electrons. The fraction of sp³-hybridized carbons (Fsp3) is 0.279. The molecule has 3 aromatic heterocycles. The van der Waals surface area contributed by atoms with Gasteiger partial charge in [-0.3, -0.25) is 14.5 Å². The van der Waals surface area contributed by atoms with E-state index in [1.54, 1.807) is 65.1 Å². The third kappa shape index (κ3) is 10.6. The molecule has 0 spiro atoms. The van der Waals surface area contributed by atoms with E-state index in [1.165, 1.54) is 23.1 Å². The maximum absolute atomic E-state index is 13.6. The minimum absolute atomic E-state index is 0. The molecule has 5 heterocycles. The van der Waals surface area contributed by atoms with Crippen molar-refractivity contribution >= 4 is 56.6 Å². The van der Waals surface area contributed by atoms with E-state index >= 15 is 0 Å². The minimum atomic E-state index is -4.35. The molecule has 2 aliphatic heterocycles. The van der Waals surface area contributed by atoms with Crippen molar-refractivity contribution in [2.75, 3.05) is 55.4 Å². The Balaban J connectivity index is 0.00000561. The van der Waals surface area contributed by atoms with Crippen LogP contribution < -0.4 is 20.4 Å². The molecule has 2 aliphatic rings. The number of benzene rings is 3. The van der Waals surface area contributed by atoms with Crippen molar-refractivity contribution in [3.05, 3.63) is 137 Å². The monoisotopic (exact) mass is 866 g/mol. The van der Waals surface area contributed by atoms with Gasteiger partial charge in [-0.2, -0.15) is 10.6 Å². The number of imidazole rings is 1. The maximum Gasteiger partial charge on any atom is 0.283 e. The molecule has 1 saturated heterocycles. The molecule has 16 nitrogen and oxygen atoms in total. The summed E-state index contributed by atoms with van der Waals surface area (Å²) >= 11 is 1.78. The van der Waals surface area contributed by atoms with Crippen molar-refractivity contribution in [1.29, 1.82) is 0 Å². The Morgan fingerprint density at radius 3 is 2.54 bits per heavy atom. The van der Waals surface area contributed by atoms with Gasteiger partial charge in [-0.15, -0.1) is 11.8 Å². The molecule has 0 saturated carbocycles. The van der Waals surface area contributed by atoms with Crippen LogP contribution in [0.5, 0.6) is 0 Å². The van der Waals surface area contributed by atoms with Gasteiger partial charge in [0.05, 0.1) is 24.3 Å². The number of rotatable bonds is 15. The van der Waals surface area contributed by atoms with Crippen LogP contribution >= 0.6 is 11.8 Å². The van der Waals surface area contributed by atoms with E-state index < -0.39 is 15.9 Å². The topological polar surface area (TPSA) is 219 Å². The third-order valence-electron chi connectivity index (χ3n) is 10.8. The number of carbonyl (C=O) groups is 2. The molecule has 1 atom stereocenters. The van der Waals surface area contributed by atoms with Crippen molar-refractivity contribution in [3.8, 4) is 0 Å². The first-order valence-corrected chi connectivity index (χ1v) is 22.3. The molecule has 61 heavy (non-hydrogen) atoms. The van der Waals surface area contributed by atoms with Crippen molar-refractivity contribution in [2.45, 2.75) is 35.6 Å². The van der Waals surface area contributed by atoms with Crippen LogP contribution in [-0.2, 0) is 34.1 Å². The maximum atomic E-state index is 13.6. The summed E-state index contributed by atoms with van der Waals surface area (Å²) in [6.45, 7) is 5.06. The number of hydrogen-bond acceptors (Lipinski definition) is 12. The highest BCUT2D eigenvalue weighted by molar-refractivity contribution is 7.99. The Morgan fingerprint density at radius 2 is 1.74 bits per heavy atom. The molecule has 0 radical (unpaired) electrons. The highest BCUT2D eigenvalue weighted by Gasteiger charge is 2.27. The van der Waals surface area contributed by atoms with Gasteiger partial charge in [0.1, 0.15) is 11.5 Å². The first-order valence-electron chi connectivity index (χ1n) is 19.8. The number of fused-ring (bicyclic) bond motifs is 2. The van der Waals surface area contributed by atoms with E-state index in [9.17, 15) is 23.2 Å². The van der Waals surface area contributed by atoms with Crippen LogP contribution in [0, 0.1) is 5.92 Å². The number of carbonyl (C=O) groups excluding carboxylic acids is 2. The number of amides is 2. The summed E-state index contributed by atoms with van der Waals surface area (Å²) in [5, 5.41) is 17.4. The first-order chi connectivity index (χ1) is 29.2. The van der Waals surface area contributed by atoms with Crippen molar-refractivity contribution < 1.29 is 38.9 Å². The number of nitrogens with two attached hydrogens (primary N) is 1. The van der Waals surface area contributed by atoms with E-state index in [0.717, 1.165) is 67.2 Å². The number of ether oxygens (including phenoxy) is 1. The molecule has 0 unspecified atom stereocenters. The molecule has 3 aromatic carbocycles. The number of pyridine rings is 1. The van der Waals surface area contributed by atoms with Crippen LogP contribution in [0.25, 0.3) is 5.65 Å². The number of sulfonamides is 1. The second kappa shape index (κ2) is 19.8. The average Bonchev–Trinajstić information content (AvgIpc) is 3.70.